The van der Waals surface area contributed by atoms with Gasteiger partial charge in [0.15, 0.2) is 5.75 Å². The van der Waals surface area contributed by atoms with Crippen molar-refractivity contribution >= 4 is 11.6 Å². The first kappa shape index (κ1) is 19.9. The molecule has 154 valence electrons. The molecule has 0 bridgehead atoms. The Kier molecular flexibility index (Phi) is 5.15. The monoisotopic (exact) mass is 410 g/mol. The second-order valence-corrected chi connectivity index (χ2v) is 7.42. The number of benzene rings is 1. The highest BCUT2D eigenvalue weighted by Crippen LogP contribution is 2.55. The SMILES string of the molecule is Cc1ncc(OCC2(c3ccccc3)CC2C(=O)Nc2cc(F)nc(F)c2)c(C)n1. The normalized spacial score (nSPS) is 19.9. The van der Waals surface area contributed by atoms with Crippen LogP contribution in [0.15, 0.2) is 48.7 Å². The van der Waals surface area contributed by atoms with Crippen molar-refractivity contribution in [3.05, 3.63) is 77.6 Å². The first-order chi connectivity index (χ1) is 14.4. The van der Waals surface area contributed by atoms with E-state index in [0.29, 0.717) is 18.0 Å². The van der Waals surface area contributed by atoms with Crippen LogP contribution in [-0.2, 0) is 10.2 Å². The molecule has 6 nitrogen and oxygen atoms in total. The molecule has 2 aromatic heterocycles. The quantitative estimate of drug-likeness (QED) is 0.627. The van der Waals surface area contributed by atoms with E-state index in [1.54, 1.807) is 13.1 Å². The minimum absolute atomic E-state index is 0.0301. The third-order valence-corrected chi connectivity index (χ3v) is 5.31. The molecular weight excluding hydrogens is 390 g/mol. The van der Waals surface area contributed by atoms with Gasteiger partial charge in [0.1, 0.15) is 5.82 Å². The van der Waals surface area contributed by atoms with E-state index in [9.17, 15) is 13.6 Å². The highest BCUT2D eigenvalue weighted by atomic mass is 19.1. The van der Waals surface area contributed by atoms with E-state index >= 15 is 0 Å². The highest BCUT2D eigenvalue weighted by molar-refractivity contribution is 5.96. The van der Waals surface area contributed by atoms with Crippen LogP contribution in [0.1, 0.15) is 23.5 Å². The van der Waals surface area contributed by atoms with Crippen LogP contribution < -0.4 is 10.1 Å². The van der Waals surface area contributed by atoms with E-state index in [4.69, 9.17) is 4.74 Å². The number of carbonyl (C=O) groups excluding carboxylic acids is 1. The van der Waals surface area contributed by atoms with E-state index in [-0.39, 0.29) is 18.2 Å². The molecule has 0 spiro atoms. The molecule has 1 N–H and O–H groups in total. The third kappa shape index (κ3) is 3.98. The average Bonchev–Trinajstić information content (AvgIpc) is 3.43. The first-order valence-corrected chi connectivity index (χ1v) is 9.50. The number of hydrogen-bond donors (Lipinski definition) is 1. The van der Waals surface area contributed by atoms with Crippen molar-refractivity contribution in [2.24, 2.45) is 5.92 Å². The van der Waals surface area contributed by atoms with Gasteiger partial charge >= 0.3 is 0 Å². The molecule has 2 atom stereocenters. The van der Waals surface area contributed by atoms with E-state index < -0.39 is 23.2 Å². The second-order valence-electron chi connectivity index (χ2n) is 7.42. The van der Waals surface area contributed by atoms with Crippen LogP contribution >= 0.6 is 0 Å². The zero-order valence-electron chi connectivity index (χ0n) is 16.5. The Balaban J connectivity index is 1.55. The number of halogens is 2. The third-order valence-electron chi connectivity index (χ3n) is 5.31. The van der Waals surface area contributed by atoms with Crippen LogP contribution in [0, 0.1) is 31.7 Å². The number of aryl methyl sites for hydroxylation is 2. The van der Waals surface area contributed by atoms with Gasteiger partial charge in [-0.25, -0.2) is 9.97 Å². The van der Waals surface area contributed by atoms with E-state index in [1.165, 1.54) is 0 Å². The minimum atomic E-state index is -0.992. The summed E-state index contributed by atoms with van der Waals surface area (Å²) >= 11 is 0. The largest absolute Gasteiger partial charge is 0.489 e. The summed E-state index contributed by atoms with van der Waals surface area (Å²) in [4.78, 5) is 24.4. The lowest BCUT2D eigenvalue weighted by molar-refractivity contribution is -0.117. The van der Waals surface area contributed by atoms with Crippen LogP contribution in [0.3, 0.4) is 0 Å². The average molecular weight is 410 g/mol. The smallest absolute Gasteiger partial charge is 0.228 e. The minimum Gasteiger partial charge on any atom is -0.489 e. The van der Waals surface area contributed by atoms with Gasteiger partial charge in [-0.3, -0.25) is 4.79 Å². The standard InChI is InChI=1S/C22H20F2N4O2/c1-13-18(11-25-14(2)26-13)30-12-22(15-6-4-3-5-7-15)10-17(22)21(29)27-16-8-19(23)28-20(24)9-16/h3-9,11,17H,10,12H2,1-2H3,(H,27,28,29). The van der Waals surface area contributed by atoms with Crippen LogP contribution in [0.2, 0.25) is 0 Å². The number of aromatic nitrogens is 3. The van der Waals surface area contributed by atoms with E-state index in [1.807, 2.05) is 37.3 Å². The van der Waals surface area contributed by atoms with Crippen molar-refractivity contribution in [2.45, 2.75) is 25.7 Å². The maximum atomic E-state index is 13.4. The summed E-state index contributed by atoms with van der Waals surface area (Å²) < 4.78 is 32.7. The molecule has 2 heterocycles. The Morgan fingerprint density at radius 3 is 2.53 bits per heavy atom. The number of nitrogens with zero attached hydrogens (tertiary/aromatic N) is 3. The number of nitrogens with one attached hydrogen (secondary N) is 1. The molecule has 1 aliphatic rings. The number of carbonyl (C=O) groups is 1. The molecular formula is C22H20F2N4O2. The van der Waals surface area contributed by atoms with Crippen molar-refractivity contribution in [3.63, 3.8) is 0 Å². The molecule has 8 heteroatoms. The fourth-order valence-electron chi connectivity index (χ4n) is 3.67. The van der Waals surface area contributed by atoms with Gasteiger partial charge in [0.2, 0.25) is 17.8 Å². The van der Waals surface area contributed by atoms with Crippen LogP contribution in [0.5, 0.6) is 5.75 Å². The number of pyridine rings is 1. The fraction of sp³-hybridized carbons (Fsp3) is 0.273. The summed E-state index contributed by atoms with van der Waals surface area (Å²) in [6.45, 7) is 3.89. The van der Waals surface area contributed by atoms with Crippen molar-refractivity contribution in [1.29, 1.82) is 0 Å². The van der Waals surface area contributed by atoms with Crippen LogP contribution in [0.4, 0.5) is 14.5 Å². The van der Waals surface area contributed by atoms with Crippen molar-refractivity contribution in [3.8, 4) is 5.75 Å². The molecule has 0 aliphatic heterocycles. The van der Waals surface area contributed by atoms with Crippen molar-refractivity contribution in [1.82, 2.24) is 15.0 Å². The Labute approximate surface area is 172 Å². The summed E-state index contributed by atoms with van der Waals surface area (Å²) in [5.74, 6) is -1.52. The van der Waals surface area contributed by atoms with Crippen molar-refractivity contribution in [2.75, 3.05) is 11.9 Å². The van der Waals surface area contributed by atoms with Gasteiger partial charge in [-0.05, 0) is 25.8 Å². The summed E-state index contributed by atoms with van der Waals surface area (Å²) in [6, 6.07) is 11.6. The van der Waals surface area contributed by atoms with Gasteiger partial charge < -0.3 is 10.1 Å². The molecule has 30 heavy (non-hydrogen) atoms. The predicted molar refractivity (Wildman–Crippen MR) is 106 cm³/mol. The molecule has 1 aliphatic carbocycles. The van der Waals surface area contributed by atoms with Gasteiger partial charge in [0.05, 0.1) is 24.4 Å². The Bertz CT molecular complexity index is 1070. The second kappa shape index (κ2) is 7.78. The van der Waals surface area contributed by atoms with Gasteiger partial charge in [0.25, 0.3) is 0 Å². The van der Waals surface area contributed by atoms with Gasteiger partial charge in [-0.15, -0.1) is 0 Å². The fourth-order valence-corrected chi connectivity index (χ4v) is 3.67. The number of anilines is 1. The van der Waals surface area contributed by atoms with Gasteiger partial charge in [0, 0.05) is 23.2 Å². The zero-order valence-corrected chi connectivity index (χ0v) is 16.5. The van der Waals surface area contributed by atoms with Crippen LogP contribution in [0.25, 0.3) is 0 Å². The lowest BCUT2D eigenvalue weighted by Crippen LogP contribution is -2.26. The Morgan fingerprint density at radius 2 is 1.87 bits per heavy atom. The van der Waals surface area contributed by atoms with Gasteiger partial charge in [-0.1, -0.05) is 30.3 Å². The number of amides is 1. The summed E-state index contributed by atoms with van der Waals surface area (Å²) in [6.07, 6.45) is 2.17. The molecule has 1 aromatic carbocycles. The molecule has 1 saturated carbocycles. The molecule has 0 radical (unpaired) electrons. The van der Waals surface area contributed by atoms with Crippen molar-refractivity contribution < 1.29 is 18.3 Å². The van der Waals surface area contributed by atoms with E-state index in [2.05, 4.69) is 20.3 Å². The van der Waals surface area contributed by atoms with Gasteiger partial charge in [-0.2, -0.15) is 13.8 Å². The predicted octanol–water partition coefficient (Wildman–Crippen LogP) is 3.74. The summed E-state index contributed by atoms with van der Waals surface area (Å²) in [5.41, 5.74) is 1.16. The number of hydrogen-bond acceptors (Lipinski definition) is 5. The summed E-state index contributed by atoms with van der Waals surface area (Å²) in [5, 5.41) is 2.59. The Hall–Kier alpha value is -3.42. The zero-order chi connectivity index (χ0) is 21.3. The molecule has 2 unspecified atom stereocenters. The maximum Gasteiger partial charge on any atom is 0.228 e. The topological polar surface area (TPSA) is 77.0 Å². The molecule has 1 amide bonds. The molecule has 1 fully saturated rings. The number of ether oxygens (including phenoxy) is 1. The lowest BCUT2D eigenvalue weighted by atomic mass is 9.93. The first-order valence-electron chi connectivity index (χ1n) is 9.50. The molecule has 4 rings (SSSR count). The maximum absolute atomic E-state index is 13.4. The molecule has 0 saturated heterocycles. The van der Waals surface area contributed by atoms with E-state index in [0.717, 1.165) is 23.4 Å². The summed E-state index contributed by atoms with van der Waals surface area (Å²) in [7, 11) is 0. The van der Waals surface area contributed by atoms with Crippen LogP contribution in [-0.4, -0.2) is 27.5 Å². The lowest BCUT2D eigenvalue weighted by Gasteiger charge is -2.19. The number of rotatable bonds is 6. The highest BCUT2D eigenvalue weighted by Gasteiger charge is 2.60. The Morgan fingerprint density at radius 1 is 1.17 bits per heavy atom. The molecule has 3 aromatic rings.